The van der Waals surface area contributed by atoms with Crippen molar-refractivity contribution in [2.75, 3.05) is 30.4 Å². The van der Waals surface area contributed by atoms with Crippen LogP contribution in [-0.2, 0) is 0 Å². The normalized spacial score (nSPS) is 12.2. The van der Waals surface area contributed by atoms with Crippen LogP contribution in [0.25, 0.3) is 0 Å². The van der Waals surface area contributed by atoms with Gasteiger partial charge >= 0.3 is 0 Å². The zero-order chi connectivity index (χ0) is 14.4. The lowest BCUT2D eigenvalue weighted by Crippen LogP contribution is -2.21. The summed E-state index contributed by atoms with van der Waals surface area (Å²) in [5.41, 5.74) is 1.01. The first-order valence-electron chi connectivity index (χ1n) is 6.82. The quantitative estimate of drug-likeness (QED) is 0.823. The Bertz CT molecular complexity index is 498. The molecule has 2 aromatic heterocycles. The fourth-order valence-electron chi connectivity index (χ4n) is 2.02. The Morgan fingerprint density at radius 2 is 2.25 bits per heavy atom. The van der Waals surface area contributed by atoms with E-state index in [1.165, 1.54) is 4.88 Å². The molecular weight excluding hydrogens is 270 g/mol. The topological polar surface area (TPSA) is 48.4 Å². The fourth-order valence-corrected chi connectivity index (χ4v) is 2.88. The molecular formula is C15H21N3OS. The van der Waals surface area contributed by atoms with E-state index in [0.29, 0.717) is 12.6 Å². The summed E-state index contributed by atoms with van der Waals surface area (Å²) < 4.78 is 0. The molecule has 2 rings (SSSR count). The Kier molecular flexibility index (Phi) is 5.38. The minimum absolute atomic E-state index is 0.146. The van der Waals surface area contributed by atoms with Crippen molar-refractivity contribution in [1.82, 2.24) is 4.98 Å². The predicted octanol–water partition coefficient (Wildman–Crippen LogP) is 3.13. The van der Waals surface area contributed by atoms with Crippen LogP contribution in [0, 0.1) is 0 Å². The summed E-state index contributed by atoms with van der Waals surface area (Å²) in [5, 5.41) is 14.5. The van der Waals surface area contributed by atoms with E-state index in [4.69, 9.17) is 5.11 Å². The molecule has 2 heterocycles. The van der Waals surface area contributed by atoms with E-state index in [1.807, 2.05) is 30.3 Å². The number of nitrogens with one attached hydrogen (secondary N) is 1. The molecule has 0 aliphatic heterocycles. The van der Waals surface area contributed by atoms with Crippen molar-refractivity contribution in [2.24, 2.45) is 0 Å². The van der Waals surface area contributed by atoms with Crippen molar-refractivity contribution in [1.29, 1.82) is 0 Å². The predicted molar refractivity (Wildman–Crippen MR) is 85.6 cm³/mol. The third kappa shape index (κ3) is 3.71. The third-order valence-corrected chi connectivity index (χ3v) is 4.23. The monoisotopic (exact) mass is 291 g/mol. The van der Waals surface area contributed by atoms with Crippen LogP contribution < -0.4 is 10.2 Å². The molecule has 2 aromatic rings. The number of aromatic nitrogens is 1. The third-order valence-electron chi connectivity index (χ3n) is 3.24. The molecule has 0 aliphatic carbocycles. The molecule has 4 nitrogen and oxygen atoms in total. The van der Waals surface area contributed by atoms with Gasteiger partial charge in [-0.2, -0.15) is 0 Å². The highest BCUT2D eigenvalue weighted by Gasteiger charge is 2.10. The van der Waals surface area contributed by atoms with Gasteiger partial charge in [0.05, 0.1) is 24.5 Å². The van der Waals surface area contributed by atoms with Crippen molar-refractivity contribution >= 4 is 22.8 Å². The number of pyridine rings is 1. The smallest absolute Gasteiger partial charge is 0.126 e. The van der Waals surface area contributed by atoms with Gasteiger partial charge in [0.1, 0.15) is 5.82 Å². The summed E-state index contributed by atoms with van der Waals surface area (Å²) in [4.78, 5) is 7.76. The summed E-state index contributed by atoms with van der Waals surface area (Å²) in [6.07, 6.45) is 2.85. The number of rotatable bonds is 7. The molecule has 0 aromatic carbocycles. The van der Waals surface area contributed by atoms with Crippen molar-refractivity contribution in [3.8, 4) is 0 Å². The van der Waals surface area contributed by atoms with Crippen LogP contribution in [-0.4, -0.2) is 30.3 Å². The van der Waals surface area contributed by atoms with Crippen LogP contribution >= 0.6 is 11.3 Å². The summed E-state index contributed by atoms with van der Waals surface area (Å²) in [6, 6.07) is 8.54. The van der Waals surface area contributed by atoms with Crippen LogP contribution in [0.5, 0.6) is 0 Å². The Balaban J connectivity index is 2.03. The largest absolute Gasteiger partial charge is 0.395 e. The number of hydrogen-bond donors (Lipinski definition) is 2. The van der Waals surface area contributed by atoms with Gasteiger partial charge in [0.2, 0.25) is 0 Å². The number of aliphatic hydroxyl groups is 1. The Morgan fingerprint density at radius 1 is 1.40 bits per heavy atom. The van der Waals surface area contributed by atoms with Gasteiger partial charge in [-0.15, -0.1) is 11.3 Å². The minimum atomic E-state index is 0.146. The van der Waals surface area contributed by atoms with E-state index in [-0.39, 0.29) is 6.61 Å². The van der Waals surface area contributed by atoms with Gasteiger partial charge < -0.3 is 15.3 Å². The standard InChI is InChI=1S/C15H21N3OS/c1-3-13(14-5-4-10-20-14)17-15-7-6-12(11-16-15)18(2)8-9-19/h4-7,10-11,13,19H,3,8-9H2,1-2H3,(H,16,17). The maximum atomic E-state index is 8.94. The zero-order valence-electron chi connectivity index (χ0n) is 11.9. The molecule has 0 radical (unpaired) electrons. The van der Waals surface area contributed by atoms with Crippen LogP contribution in [0.1, 0.15) is 24.3 Å². The first kappa shape index (κ1) is 14.8. The molecule has 0 fully saturated rings. The summed E-state index contributed by atoms with van der Waals surface area (Å²) in [7, 11) is 1.95. The Hall–Kier alpha value is -1.59. The van der Waals surface area contributed by atoms with Crippen LogP contribution in [0.4, 0.5) is 11.5 Å². The van der Waals surface area contributed by atoms with Crippen LogP contribution in [0.3, 0.4) is 0 Å². The number of nitrogens with zero attached hydrogens (tertiary/aromatic N) is 2. The van der Waals surface area contributed by atoms with Gasteiger partial charge in [-0.1, -0.05) is 13.0 Å². The molecule has 20 heavy (non-hydrogen) atoms. The molecule has 0 saturated heterocycles. The highest BCUT2D eigenvalue weighted by molar-refractivity contribution is 7.10. The number of likely N-dealkylation sites (N-methyl/N-ethyl adjacent to an activating group) is 1. The van der Waals surface area contributed by atoms with Crippen molar-refractivity contribution in [3.63, 3.8) is 0 Å². The molecule has 0 aliphatic rings. The Morgan fingerprint density at radius 3 is 2.80 bits per heavy atom. The van der Waals surface area contributed by atoms with E-state index in [1.54, 1.807) is 11.3 Å². The van der Waals surface area contributed by atoms with E-state index < -0.39 is 0 Å². The molecule has 0 saturated carbocycles. The fraction of sp³-hybridized carbons (Fsp3) is 0.400. The number of thiophene rings is 1. The molecule has 108 valence electrons. The van der Waals surface area contributed by atoms with Gasteiger partial charge in [-0.25, -0.2) is 4.98 Å². The lowest BCUT2D eigenvalue weighted by atomic mass is 10.2. The maximum Gasteiger partial charge on any atom is 0.126 e. The summed E-state index contributed by atoms with van der Waals surface area (Å²) in [5.74, 6) is 0.881. The summed E-state index contributed by atoms with van der Waals surface area (Å²) >= 11 is 1.76. The van der Waals surface area contributed by atoms with E-state index in [0.717, 1.165) is 17.9 Å². The minimum Gasteiger partial charge on any atom is -0.395 e. The average molecular weight is 291 g/mol. The summed E-state index contributed by atoms with van der Waals surface area (Å²) in [6.45, 7) is 2.93. The maximum absolute atomic E-state index is 8.94. The average Bonchev–Trinajstić information content (AvgIpc) is 2.99. The van der Waals surface area contributed by atoms with Crippen LogP contribution in [0.15, 0.2) is 35.8 Å². The molecule has 0 spiro atoms. The first-order chi connectivity index (χ1) is 9.74. The lowest BCUT2D eigenvalue weighted by Gasteiger charge is -2.19. The molecule has 5 heteroatoms. The Labute approximate surface area is 124 Å². The van der Waals surface area contributed by atoms with E-state index in [9.17, 15) is 0 Å². The number of anilines is 2. The van der Waals surface area contributed by atoms with Crippen molar-refractivity contribution in [3.05, 3.63) is 40.7 Å². The highest BCUT2D eigenvalue weighted by Crippen LogP contribution is 2.25. The first-order valence-corrected chi connectivity index (χ1v) is 7.70. The van der Waals surface area contributed by atoms with Crippen LogP contribution in [0.2, 0.25) is 0 Å². The second-order valence-electron chi connectivity index (χ2n) is 4.67. The molecule has 0 amide bonds. The lowest BCUT2D eigenvalue weighted by molar-refractivity contribution is 0.304. The van der Waals surface area contributed by atoms with Crippen molar-refractivity contribution in [2.45, 2.75) is 19.4 Å². The number of hydrogen-bond acceptors (Lipinski definition) is 5. The molecule has 1 unspecified atom stereocenters. The van der Waals surface area contributed by atoms with Gasteiger partial charge in [-0.3, -0.25) is 0 Å². The molecule has 1 atom stereocenters. The molecule has 2 N–H and O–H groups in total. The van der Waals surface area contributed by atoms with E-state index >= 15 is 0 Å². The van der Waals surface area contributed by atoms with Gasteiger partial charge in [0.15, 0.2) is 0 Å². The van der Waals surface area contributed by atoms with Gasteiger partial charge in [-0.05, 0) is 30.0 Å². The zero-order valence-corrected chi connectivity index (χ0v) is 12.7. The highest BCUT2D eigenvalue weighted by atomic mass is 32.1. The molecule has 0 bridgehead atoms. The number of aliphatic hydroxyl groups excluding tert-OH is 1. The van der Waals surface area contributed by atoms with Gasteiger partial charge in [0, 0.05) is 18.5 Å². The second-order valence-corrected chi connectivity index (χ2v) is 5.65. The second kappa shape index (κ2) is 7.26. The van der Waals surface area contributed by atoms with E-state index in [2.05, 4.69) is 34.7 Å². The SMILES string of the molecule is CCC(Nc1ccc(N(C)CCO)cn1)c1cccs1. The van der Waals surface area contributed by atoms with Crippen molar-refractivity contribution < 1.29 is 5.11 Å². The van der Waals surface area contributed by atoms with Gasteiger partial charge in [0.25, 0.3) is 0 Å².